The van der Waals surface area contributed by atoms with Crippen LogP contribution in [0.1, 0.15) is 31.2 Å². The molecule has 0 amide bonds. The number of oxime groups is 1. The lowest BCUT2D eigenvalue weighted by Crippen LogP contribution is -2.00. The molecule has 90 valence electrons. The average molecular weight is 262 g/mol. The van der Waals surface area contributed by atoms with Gasteiger partial charge in [-0.05, 0) is 18.9 Å². The SMILES string of the molecule is CC/C(C)=N/OCC(Cl)c1ccccc1.Cl. The molecule has 16 heavy (non-hydrogen) atoms. The zero-order chi connectivity index (χ0) is 11.1. The molecule has 0 aliphatic carbocycles. The lowest BCUT2D eigenvalue weighted by Gasteiger charge is -2.08. The molecule has 0 spiro atoms. The van der Waals surface area contributed by atoms with Crippen molar-refractivity contribution >= 4 is 29.7 Å². The Hall–Kier alpha value is -0.730. The number of nitrogens with zero attached hydrogens (tertiary/aromatic N) is 1. The van der Waals surface area contributed by atoms with Gasteiger partial charge in [0.05, 0.1) is 11.1 Å². The zero-order valence-corrected chi connectivity index (χ0v) is 11.1. The smallest absolute Gasteiger partial charge is 0.137 e. The maximum absolute atomic E-state index is 6.14. The monoisotopic (exact) mass is 261 g/mol. The van der Waals surface area contributed by atoms with E-state index in [-0.39, 0.29) is 17.8 Å². The van der Waals surface area contributed by atoms with Gasteiger partial charge in [-0.1, -0.05) is 42.4 Å². The summed E-state index contributed by atoms with van der Waals surface area (Å²) in [4.78, 5) is 5.16. The third kappa shape index (κ3) is 5.38. The summed E-state index contributed by atoms with van der Waals surface area (Å²) in [6, 6.07) is 9.86. The molecule has 1 rings (SSSR count). The Balaban J connectivity index is 0.00000225. The van der Waals surface area contributed by atoms with Gasteiger partial charge in [0.2, 0.25) is 0 Å². The predicted octanol–water partition coefficient (Wildman–Crippen LogP) is 4.19. The summed E-state index contributed by atoms with van der Waals surface area (Å²) in [6.07, 6.45) is 0.901. The van der Waals surface area contributed by atoms with Crippen LogP contribution in [0.25, 0.3) is 0 Å². The lowest BCUT2D eigenvalue weighted by molar-refractivity contribution is 0.143. The molecule has 0 fully saturated rings. The molecule has 0 aromatic heterocycles. The van der Waals surface area contributed by atoms with Gasteiger partial charge >= 0.3 is 0 Å². The van der Waals surface area contributed by atoms with Crippen molar-refractivity contribution < 1.29 is 4.84 Å². The van der Waals surface area contributed by atoms with Crippen LogP contribution in [0.2, 0.25) is 0 Å². The van der Waals surface area contributed by atoms with Gasteiger partial charge in [-0.2, -0.15) is 0 Å². The predicted molar refractivity (Wildman–Crippen MR) is 71.6 cm³/mol. The Bertz CT molecular complexity index is 314. The van der Waals surface area contributed by atoms with E-state index in [1.165, 1.54) is 0 Å². The highest BCUT2D eigenvalue weighted by atomic mass is 35.5. The average Bonchev–Trinajstić information content (AvgIpc) is 2.29. The van der Waals surface area contributed by atoms with Gasteiger partial charge in [0, 0.05) is 0 Å². The van der Waals surface area contributed by atoms with E-state index in [1.807, 2.05) is 44.2 Å². The number of hydrogen-bond acceptors (Lipinski definition) is 2. The number of hydrogen-bond donors (Lipinski definition) is 0. The van der Waals surface area contributed by atoms with Gasteiger partial charge in [0.25, 0.3) is 0 Å². The number of rotatable bonds is 5. The van der Waals surface area contributed by atoms with E-state index in [9.17, 15) is 0 Å². The third-order valence-electron chi connectivity index (χ3n) is 2.11. The number of alkyl halides is 1. The van der Waals surface area contributed by atoms with Crippen LogP contribution < -0.4 is 0 Å². The fourth-order valence-corrected chi connectivity index (χ4v) is 1.24. The molecular formula is C12H17Cl2NO. The van der Waals surface area contributed by atoms with Gasteiger partial charge in [-0.15, -0.1) is 24.0 Å². The first-order valence-corrected chi connectivity index (χ1v) is 5.52. The molecule has 0 bridgehead atoms. The van der Waals surface area contributed by atoms with Crippen LogP contribution in [0.5, 0.6) is 0 Å². The van der Waals surface area contributed by atoms with Gasteiger partial charge in [0.15, 0.2) is 0 Å². The van der Waals surface area contributed by atoms with E-state index in [4.69, 9.17) is 16.4 Å². The fourth-order valence-electron chi connectivity index (χ4n) is 1.04. The van der Waals surface area contributed by atoms with Crippen molar-refractivity contribution in [3.63, 3.8) is 0 Å². The molecular weight excluding hydrogens is 245 g/mol. The van der Waals surface area contributed by atoms with Crippen LogP contribution in [0.15, 0.2) is 35.5 Å². The van der Waals surface area contributed by atoms with Crippen molar-refractivity contribution in [3.05, 3.63) is 35.9 Å². The molecule has 0 radical (unpaired) electrons. The Morgan fingerprint density at radius 1 is 1.38 bits per heavy atom. The minimum Gasteiger partial charge on any atom is -0.394 e. The first kappa shape index (κ1) is 15.3. The second kappa shape index (κ2) is 8.43. The van der Waals surface area contributed by atoms with Crippen molar-refractivity contribution in [2.24, 2.45) is 5.16 Å². The molecule has 4 heteroatoms. The molecule has 1 atom stereocenters. The van der Waals surface area contributed by atoms with Crippen molar-refractivity contribution in [2.75, 3.05) is 6.61 Å². The highest BCUT2D eigenvalue weighted by Gasteiger charge is 2.07. The normalized spacial score (nSPS) is 12.8. The molecule has 0 saturated carbocycles. The molecule has 1 unspecified atom stereocenters. The van der Waals surface area contributed by atoms with E-state index in [2.05, 4.69) is 5.16 Å². The largest absolute Gasteiger partial charge is 0.394 e. The second-order valence-electron chi connectivity index (χ2n) is 3.35. The summed E-state index contributed by atoms with van der Waals surface area (Å²) in [5.74, 6) is 0. The lowest BCUT2D eigenvalue weighted by atomic mass is 10.2. The molecule has 1 aromatic rings. The van der Waals surface area contributed by atoms with E-state index in [1.54, 1.807) is 0 Å². The van der Waals surface area contributed by atoms with Crippen LogP contribution in [-0.4, -0.2) is 12.3 Å². The number of benzene rings is 1. The van der Waals surface area contributed by atoms with Crippen molar-refractivity contribution in [1.82, 2.24) is 0 Å². The zero-order valence-electron chi connectivity index (χ0n) is 9.52. The summed E-state index contributed by atoms with van der Waals surface area (Å²) in [5, 5.41) is 3.80. The Kier molecular flexibility index (Phi) is 8.04. The minimum atomic E-state index is -0.139. The van der Waals surface area contributed by atoms with Crippen LogP contribution in [0.4, 0.5) is 0 Å². The number of halogens is 2. The Labute approximate surface area is 108 Å². The van der Waals surface area contributed by atoms with E-state index >= 15 is 0 Å². The van der Waals surface area contributed by atoms with E-state index in [0.29, 0.717) is 6.61 Å². The molecule has 0 aliphatic heterocycles. The topological polar surface area (TPSA) is 21.6 Å². The Morgan fingerprint density at radius 2 is 2.00 bits per heavy atom. The summed E-state index contributed by atoms with van der Waals surface area (Å²) in [5.41, 5.74) is 2.04. The standard InChI is InChI=1S/C12H16ClNO.ClH/c1-3-10(2)14-15-9-12(13)11-7-5-4-6-8-11;/h4-8,12H,3,9H2,1-2H3;1H/b14-10+;. The maximum Gasteiger partial charge on any atom is 0.137 e. The minimum absolute atomic E-state index is 0. The molecule has 1 aromatic carbocycles. The van der Waals surface area contributed by atoms with Crippen LogP contribution in [0, 0.1) is 0 Å². The van der Waals surface area contributed by atoms with E-state index < -0.39 is 0 Å². The molecule has 0 heterocycles. The second-order valence-corrected chi connectivity index (χ2v) is 3.88. The van der Waals surface area contributed by atoms with E-state index in [0.717, 1.165) is 17.7 Å². The van der Waals surface area contributed by atoms with Crippen molar-refractivity contribution in [2.45, 2.75) is 25.6 Å². The summed E-state index contributed by atoms with van der Waals surface area (Å²) in [6.45, 7) is 4.38. The fraction of sp³-hybridized carbons (Fsp3) is 0.417. The van der Waals surface area contributed by atoms with Crippen LogP contribution in [-0.2, 0) is 4.84 Å². The summed E-state index contributed by atoms with van der Waals surface area (Å²) in [7, 11) is 0. The van der Waals surface area contributed by atoms with Gasteiger partial charge in [0.1, 0.15) is 6.61 Å². The quantitative estimate of drug-likeness (QED) is 0.443. The summed E-state index contributed by atoms with van der Waals surface area (Å²) < 4.78 is 0. The van der Waals surface area contributed by atoms with Gasteiger partial charge in [-0.25, -0.2) is 0 Å². The van der Waals surface area contributed by atoms with Crippen molar-refractivity contribution in [1.29, 1.82) is 0 Å². The molecule has 0 N–H and O–H groups in total. The third-order valence-corrected chi connectivity index (χ3v) is 2.49. The van der Waals surface area contributed by atoms with Crippen molar-refractivity contribution in [3.8, 4) is 0 Å². The van der Waals surface area contributed by atoms with Gasteiger partial charge in [-0.3, -0.25) is 0 Å². The Morgan fingerprint density at radius 3 is 2.56 bits per heavy atom. The highest BCUT2D eigenvalue weighted by Crippen LogP contribution is 2.19. The summed E-state index contributed by atoms with van der Waals surface area (Å²) >= 11 is 6.14. The highest BCUT2D eigenvalue weighted by molar-refractivity contribution is 6.20. The van der Waals surface area contributed by atoms with Gasteiger partial charge < -0.3 is 4.84 Å². The molecule has 2 nitrogen and oxygen atoms in total. The van der Waals surface area contributed by atoms with Crippen LogP contribution in [0.3, 0.4) is 0 Å². The maximum atomic E-state index is 6.14. The molecule has 0 saturated heterocycles. The first-order chi connectivity index (χ1) is 7.24. The first-order valence-electron chi connectivity index (χ1n) is 5.08. The van der Waals surface area contributed by atoms with Crippen LogP contribution >= 0.6 is 24.0 Å². The molecule has 0 aliphatic rings.